The Labute approximate surface area is 321 Å². The lowest BCUT2D eigenvalue weighted by Gasteiger charge is -2.56. The van der Waals surface area contributed by atoms with Gasteiger partial charge in [-0.2, -0.15) is 5.10 Å². The van der Waals surface area contributed by atoms with Gasteiger partial charge in [-0.25, -0.2) is 9.78 Å². The Morgan fingerprint density at radius 2 is 1.72 bits per heavy atom. The first-order valence-electron chi connectivity index (χ1n) is 19.4. The second-order valence-electron chi connectivity index (χ2n) is 17.3. The van der Waals surface area contributed by atoms with Crippen molar-refractivity contribution in [3.8, 4) is 16.9 Å². The number of nitrogens with zero attached hydrogens (tertiary/aromatic N) is 7. The number of esters is 1. The van der Waals surface area contributed by atoms with Crippen molar-refractivity contribution in [1.82, 2.24) is 29.5 Å². The molecule has 0 amide bonds. The van der Waals surface area contributed by atoms with Gasteiger partial charge in [0.25, 0.3) is 0 Å². The molecule has 2 aromatic carbocycles. The van der Waals surface area contributed by atoms with Gasteiger partial charge in [-0.15, -0.1) is 10.2 Å². The molecule has 54 heavy (non-hydrogen) atoms. The number of para-hydroxylation sites is 1. The van der Waals surface area contributed by atoms with Crippen molar-refractivity contribution < 1.29 is 14.3 Å². The molecular formula is C42H49N7O3SSi. The van der Waals surface area contributed by atoms with Crippen molar-refractivity contribution in [3.63, 3.8) is 0 Å². The Bertz CT molecular complexity index is 2270. The standard InChI is InChI=1S/C42H49N7O3SSi/c1-27-33(24-43-49(27)25-42-21-28-18-29(22-42)20-30(19-28)23-42)31-10-11-35-32(39(31)40(50)51-2)14-15-47(35)37-12-13-38(46-45-37)48(26-52-16-17-54(3,4)5)41-44-34-8-6-7-9-36(34)53-41/h6-15,24,28-30H,16-23,25-26H2,1-5H3. The van der Waals surface area contributed by atoms with Crippen LogP contribution in [0, 0.1) is 30.1 Å². The number of fused-ring (bicyclic) bond motifs is 2. The minimum atomic E-state index is -1.25. The molecule has 4 aromatic heterocycles. The lowest BCUT2D eigenvalue weighted by molar-refractivity contribution is -0.0638. The molecule has 0 spiro atoms. The van der Waals surface area contributed by atoms with Crippen molar-refractivity contribution in [2.45, 2.75) is 77.7 Å². The highest BCUT2D eigenvalue weighted by Crippen LogP contribution is 2.60. The van der Waals surface area contributed by atoms with E-state index in [1.807, 2.05) is 64.3 Å². The maximum absolute atomic E-state index is 13.6. The zero-order chi connectivity index (χ0) is 37.2. The molecule has 12 heteroatoms. The molecule has 10 nitrogen and oxygen atoms in total. The first kappa shape index (κ1) is 35.3. The molecule has 4 fully saturated rings. The van der Waals surface area contributed by atoms with Crippen molar-refractivity contribution in [2.75, 3.05) is 25.3 Å². The van der Waals surface area contributed by atoms with Gasteiger partial charge in [-0.05, 0) is 111 Å². The summed E-state index contributed by atoms with van der Waals surface area (Å²) >= 11 is 1.61. The number of aromatic nitrogens is 6. The van der Waals surface area contributed by atoms with E-state index in [1.54, 1.807) is 11.3 Å². The van der Waals surface area contributed by atoms with E-state index in [-0.39, 0.29) is 5.97 Å². The van der Waals surface area contributed by atoms with Gasteiger partial charge in [-0.3, -0.25) is 14.1 Å². The Morgan fingerprint density at radius 3 is 2.41 bits per heavy atom. The number of carbonyl (C=O) groups is 1. The molecule has 4 aliphatic rings. The topological polar surface area (TPSA) is 100 Å². The molecule has 4 heterocycles. The molecule has 4 aliphatic carbocycles. The van der Waals surface area contributed by atoms with Gasteiger partial charge in [0.05, 0.1) is 34.6 Å². The highest BCUT2D eigenvalue weighted by atomic mass is 32.1. The number of hydrogen-bond donors (Lipinski definition) is 0. The summed E-state index contributed by atoms with van der Waals surface area (Å²) in [7, 11) is 0.198. The Morgan fingerprint density at radius 1 is 0.963 bits per heavy atom. The molecule has 10 rings (SSSR count). The van der Waals surface area contributed by atoms with E-state index >= 15 is 0 Å². The number of methoxy groups -OCH3 is 1. The minimum Gasteiger partial charge on any atom is -0.465 e. The summed E-state index contributed by atoms with van der Waals surface area (Å²) in [6, 6.07) is 19.2. The molecule has 4 saturated carbocycles. The van der Waals surface area contributed by atoms with Gasteiger partial charge in [0, 0.05) is 49.6 Å². The number of hydrogen-bond acceptors (Lipinski definition) is 9. The van der Waals surface area contributed by atoms with Crippen LogP contribution in [0.3, 0.4) is 0 Å². The second-order valence-corrected chi connectivity index (χ2v) is 23.9. The quantitative estimate of drug-likeness (QED) is 0.0527. The Balaban J connectivity index is 1.01. The van der Waals surface area contributed by atoms with Crippen molar-refractivity contribution in [1.29, 1.82) is 0 Å². The number of rotatable bonds is 12. The summed E-state index contributed by atoms with van der Waals surface area (Å²) in [6.45, 7) is 11.2. The fourth-order valence-electron chi connectivity index (χ4n) is 9.95. The van der Waals surface area contributed by atoms with Crippen LogP contribution in [0.4, 0.5) is 10.9 Å². The monoisotopic (exact) mass is 759 g/mol. The summed E-state index contributed by atoms with van der Waals surface area (Å²) in [6.07, 6.45) is 12.2. The molecular weight excluding hydrogens is 711 g/mol. The van der Waals surface area contributed by atoms with Crippen LogP contribution in [0.1, 0.15) is 54.6 Å². The van der Waals surface area contributed by atoms with Crippen LogP contribution in [0.5, 0.6) is 0 Å². The molecule has 0 unspecified atom stereocenters. The zero-order valence-electron chi connectivity index (χ0n) is 31.9. The van der Waals surface area contributed by atoms with Crippen molar-refractivity contribution >= 4 is 57.4 Å². The van der Waals surface area contributed by atoms with E-state index in [1.165, 1.54) is 45.6 Å². The van der Waals surface area contributed by atoms with E-state index in [0.717, 1.165) is 73.4 Å². The smallest absolute Gasteiger partial charge is 0.339 e. The third kappa shape index (κ3) is 6.55. The molecule has 0 atom stereocenters. The average Bonchev–Trinajstić information content (AvgIpc) is 3.87. The van der Waals surface area contributed by atoms with E-state index in [9.17, 15) is 4.79 Å². The van der Waals surface area contributed by atoms with Gasteiger partial charge in [-0.1, -0.05) is 49.2 Å². The lowest BCUT2D eigenvalue weighted by atomic mass is 9.49. The van der Waals surface area contributed by atoms with Crippen molar-refractivity contribution in [3.05, 3.63) is 78.2 Å². The highest BCUT2D eigenvalue weighted by molar-refractivity contribution is 7.22. The molecule has 0 N–H and O–H groups in total. The van der Waals surface area contributed by atoms with E-state index in [2.05, 4.69) is 43.4 Å². The molecule has 0 saturated heterocycles. The van der Waals surface area contributed by atoms with Crippen LogP contribution in [0.2, 0.25) is 25.7 Å². The average molecular weight is 760 g/mol. The Kier molecular flexibility index (Phi) is 8.97. The molecule has 4 bridgehead atoms. The summed E-state index contributed by atoms with van der Waals surface area (Å²) in [5, 5.41) is 15.9. The first-order chi connectivity index (χ1) is 26.1. The predicted molar refractivity (Wildman–Crippen MR) is 217 cm³/mol. The van der Waals surface area contributed by atoms with Gasteiger partial charge in [0.2, 0.25) is 0 Å². The van der Waals surface area contributed by atoms with Gasteiger partial charge >= 0.3 is 5.97 Å². The van der Waals surface area contributed by atoms with Crippen LogP contribution >= 0.6 is 11.3 Å². The third-order valence-corrected chi connectivity index (χ3v) is 15.0. The lowest BCUT2D eigenvalue weighted by Crippen LogP contribution is -2.48. The Hall–Kier alpha value is -4.39. The minimum absolute atomic E-state index is 0.328. The fourth-order valence-corrected chi connectivity index (χ4v) is 11.7. The van der Waals surface area contributed by atoms with Gasteiger partial charge in [0.15, 0.2) is 16.8 Å². The zero-order valence-corrected chi connectivity index (χ0v) is 33.7. The molecule has 280 valence electrons. The number of thiazole rings is 1. The summed E-state index contributed by atoms with van der Waals surface area (Å²) in [5.74, 6) is 3.59. The molecule has 6 aromatic rings. The van der Waals surface area contributed by atoms with E-state index in [4.69, 9.17) is 29.8 Å². The van der Waals surface area contributed by atoms with Crippen molar-refractivity contribution in [2.24, 2.45) is 23.2 Å². The SMILES string of the molecule is COC(=O)c1c(-c2cnn(CC34CC5CC(CC(C5)C3)C4)c2C)ccc2c1ccn2-c1ccc(N(COCC[Si](C)(C)C)c2nc3ccccc3s2)nn1. The first-order valence-corrected chi connectivity index (χ1v) is 23.9. The fraction of sp³-hybridized carbons (Fsp3) is 0.452. The number of ether oxygens (including phenoxy) is 2. The number of anilines is 2. The van der Waals surface area contributed by atoms with Crippen LogP contribution < -0.4 is 4.90 Å². The summed E-state index contributed by atoms with van der Waals surface area (Å²) in [4.78, 5) is 20.5. The van der Waals surface area contributed by atoms with Gasteiger partial charge < -0.3 is 9.47 Å². The number of benzene rings is 2. The normalized spacial score (nSPS) is 22.1. The third-order valence-electron chi connectivity index (χ3n) is 12.2. The van der Waals surface area contributed by atoms with Crippen LogP contribution in [-0.4, -0.2) is 64.0 Å². The van der Waals surface area contributed by atoms with E-state index in [0.29, 0.717) is 36.0 Å². The largest absolute Gasteiger partial charge is 0.465 e. The van der Waals surface area contributed by atoms with Crippen LogP contribution in [0.25, 0.3) is 38.1 Å². The van der Waals surface area contributed by atoms with Crippen LogP contribution in [-0.2, 0) is 16.0 Å². The van der Waals surface area contributed by atoms with E-state index < -0.39 is 8.07 Å². The molecule has 0 radical (unpaired) electrons. The predicted octanol–water partition coefficient (Wildman–Crippen LogP) is 9.66. The second kappa shape index (κ2) is 13.7. The summed E-state index contributed by atoms with van der Waals surface area (Å²) in [5.41, 5.74) is 5.59. The number of carbonyl (C=O) groups excluding carboxylic acids is 1. The summed E-state index contributed by atoms with van der Waals surface area (Å²) < 4.78 is 16.9. The van der Waals surface area contributed by atoms with Crippen LogP contribution in [0.15, 0.2) is 67.0 Å². The maximum atomic E-state index is 13.6. The highest BCUT2D eigenvalue weighted by Gasteiger charge is 2.51. The van der Waals surface area contributed by atoms with Gasteiger partial charge in [0.1, 0.15) is 6.73 Å². The molecule has 0 aliphatic heterocycles. The maximum Gasteiger partial charge on any atom is 0.339 e.